The van der Waals surface area contributed by atoms with Crippen LogP contribution in [0.1, 0.15) is 44.9 Å². The number of hydrogen-bond donors (Lipinski definition) is 7. The van der Waals surface area contributed by atoms with Crippen LogP contribution in [0.2, 0.25) is 0 Å². The molecule has 12 nitrogen and oxygen atoms in total. The highest BCUT2D eigenvalue weighted by Gasteiger charge is 2.47. The molecule has 3 aliphatic rings. The zero-order chi connectivity index (χ0) is 35.6. The zero-order valence-electron chi connectivity index (χ0n) is 27.2. The van der Waals surface area contributed by atoms with E-state index >= 15 is 0 Å². The van der Waals surface area contributed by atoms with Crippen molar-refractivity contribution in [3.05, 3.63) is 119 Å². The third kappa shape index (κ3) is 5.79. The van der Waals surface area contributed by atoms with Crippen LogP contribution in [0, 0.1) is 0 Å². The molecule has 0 saturated carbocycles. The van der Waals surface area contributed by atoms with Crippen LogP contribution in [0.5, 0.6) is 0 Å². The lowest BCUT2D eigenvalue weighted by Gasteiger charge is -2.41. The number of rotatable bonds is 7. The van der Waals surface area contributed by atoms with Crippen LogP contribution in [-0.2, 0) is 9.47 Å². The monoisotopic (exact) mass is 710 g/mol. The first-order valence-corrected chi connectivity index (χ1v) is 17.0. The fourth-order valence-electron chi connectivity index (χ4n) is 7.26. The number of aliphatic hydroxyl groups is 4. The van der Waals surface area contributed by atoms with E-state index in [9.17, 15) is 30.0 Å². The molecular formula is C38H35ClN4O8. The van der Waals surface area contributed by atoms with Gasteiger partial charge < -0.3 is 50.1 Å². The molecule has 3 unspecified atom stereocenters. The standard InChI is InChI=1S/C38H35ClN4O8/c1-18(39)24-16-43(29-15-30(22-7-3-4-8-23(22)32(24)29)50-38-35(47)34(46)33(45)31(17-44)51-38)37(49)28-14-20-12-21(10-11-26(20)42-28)40-36(48)27-13-19-6-2-5-9-25(19)41-27/h2-16,18,29,31-35,38,41-42,44-47H,17H2,1H3,(H,40,48)/t18?,29?,31-,32?,33+,34+,35-,38-/m1/s1. The first-order valence-electron chi connectivity index (χ1n) is 16.6. The first kappa shape index (κ1) is 33.2. The number of ether oxygens (including phenoxy) is 2. The lowest BCUT2D eigenvalue weighted by Crippen LogP contribution is -2.59. The number of aromatic amines is 2. The Morgan fingerprint density at radius 3 is 2.43 bits per heavy atom. The average Bonchev–Trinajstić information content (AvgIpc) is 3.87. The number of carbonyl (C=O) groups is 2. The molecule has 7 N–H and O–H groups in total. The lowest BCUT2D eigenvalue weighted by atomic mass is 9.79. The minimum Gasteiger partial charge on any atom is -0.462 e. The van der Waals surface area contributed by atoms with Crippen molar-refractivity contribution in [3.8, 4) is 0 Å². The molecule has 0 spiro atoms. The predicted molar refractivity (Wildman–Crippen MR) is 190 cm³/mol. The Morgan fingerprint density at radius 1 is 0.922 bits per heavy atom. The predicted octanol–water partition coefficient (Wildman–Crippen LogP) is 4.19. The number of alkyl halides is 1. The Bertz CT molecular complexity index is 2190. The highest BCUT2D eigenvalue weighted by molar-refractivity contribution is 6.22. The summed E-state index contributed by atoms with van der Waals surface area (Å²) in [6.45, 7) is 1.25. The molecular weight excluding hydrogens is 676 g/mol. The molecule has 2 amide bonds. The molecule has 1 aliphatic carbocycles. The van der Waals surface area contributed by atoms with E-state index in [0.717, 1.165) is 27.4 Å². The quantitative estimate of drug-likeness (QED) is 0.123. The van der Waals surface area contributed by atoms with Gasteiger partial charge in [0.2, 0.25) is 6.29 Å². The lowest BCUT2D eigenvalue weighted by molar-refractivity contribution is -0.284. The molecule has 2 aromatic heterocycles. The van der Waals surface area contributed by atoms with Crippen LogP contribution in [-0.4, -0.2) is 95.8 Å². The summed E-state index contributed by atoms with van der Waals surface area (Å²) in [5.41, 5.74) is 5.20. The summed E-state index contributed by atoms with van der Waals surface area (Å²) in [6, 6.07) is 23.4. The number of amides is 2. The second-order valence-electron chi connectivity index (χ2n) is 13.1. The van der Waals surface area contributed by atoms with Gasteiger partial charge in [0.05, 0.1) is 18.0 Å². The number of anilines is 1. The van der Waals surface area contributed by atoms with Crippen molar-refractivity contribution in [2.75, 3.05) is 11.9 Å². The zero-order valence-corrected chi connectivity index (χ0v) is 28.0. The molecule has 13 heteroatoms. The third-order valence-electron chi connectivity index (χ3n) is 9.86. The Hall–Kier alpha value is -4.95. The van der Waals surface area contributed by atoms with Crippen molar-refractivity contribution >= 4 is 56.7 Å². The van der Waals surface area contributed by atoms with Gasteiger partial charge >= 0.3 is 0 Å². The van der Waals surface area contributed by atoms with E-state index in [2.05, 4.69) is 15.3 Å². The van der Waals surface area contributed by atoms with Crippen molar-refractivity contribution < 1.29 is 39.5 Å². The summed E-state index contributed by atoms with van der Waals surface area (Å²) in [7, 11) is 0. The molecule has 5 aromatic rings. The van der Waals surface area contributed by atoms with E-state index in [1.165, 1.54) is 0 Å². The molecule has 51 heavy (non-hydrogen) atoms. The van der Waals surface area contributed by atoms with E-state index in [-0.39, 0.29) is 23.5 Å². The summed E-state index contributed by atoms with van der Waals surface area (Å²) in [4.78, 5) is 35.3. The number of aliphatic hydroxyl groups excluding tert-OH is 4. The van der Waals surface area contributed by atoms with E-state index < -0.39 is 48.7 Å². The number of benzene rings is 3. The van der Waals surface area contributed by atoms with E-state index in [0.29, 0.717) is 28.2 Å². The highest BCUT2D eigenvalue weighted by Crippen LogP contribution is 2.48. The van der Waals surface area contributed by atoms with Gasteiger partial charge in [-0.15, -0.1) is 11.6 Å². The number of hydrogen-bond acceptors (Lipinski definition) is 8. The van der Waals surface area contributed by atoms with Crippen LogP contribution in [0.3, 0.4) is 0 Å². The molecule has 1 saturated heterocycles. The van der Waals surface area contributed by atoms with Gasteiger partial charge in [-0.05, 0) is 60.5 Å². The number of para-hydroxylation sites is 1. The summed E-state index contributed by atoms with van der Waals surface area (Å²) in [6.07, 6.45) is -3.82. The van der Waals surface area contributed by atoms with E-state index in [1.807, 2.05) is 55.5 Å². The highest BCUT2D eigenvalue weighted by atomic mass is 35.5. The van der Waals surface area contributed by atoms with Crippen LogP contribution < -0.4 is 5.32 Å². The number of H-pyrrole nitrogens is 2. The van der Waals surface area contributed by atoms with E-state index in [4.69, 9.17) is 21.1 Å². The van der Waals surface area contributed by atoms with Crippen LogP contribution in [0.4, 0.5) is 5.69 Å². The Labute approximate surface area is 296 Å². The minimum absolute atomic E-state index is 0.290. The number of nitrogens with one attached hydrogen (secondary N) is 3. The summed E-state index contributed by atoms with van der Waals surface area (Å²) in [5, 5.41) is 45.2. The third-order valence-corrected chi connectivity index (χ3v) is 10.1. The molecule has 8 rings (SSSR count). The average molecular weight is 711 g/mol. The molecule has 2 aliphatic heterocycles. The van der Waals surface area contributed by atoms with Gasteiger partial charge in [-0.2, -0.15) is 0 Å². The van der Waals surface area contributed by atoms with Gasteiger partial charge in [-0.1, -0.05) is 42.5 Å². The molecule has 8 atom stereocenters. The fourth-order valence-corrected chi connectivity index (χ4v) is 7.45. The molecule has 0 radical (unpaired) electrons. The number of aromatic nitrogens is 2. The van der Waals surface area contributed by atoms with Gasteiger partial charge in [0.25, 0.3) is 11.8 Å². The van der Waals surface area contributed by atoms with Crippen molar-refractivity contribution in [1.29, 1.82) is 0 Å². The van der Waals surface area contributed by atoms with Gasteiger partial charge in [0.1, 0.15) is 41.6 Å². The van der Waals surface area contributed by atoms with Crippen molar-refractivity contribution in [3.63, 3.8) is 0 Å². The molecule has 0 bridgehead atoms. The van der Waals surface area contributed by atoms with Crippen LogP contribution in [0.25, 0.3) is 27.6 Å². The number of fused-ring (bicyclic) bond motifs is 5. The van der Waals surface area contributed by atoms with Crippen molar-refractivity contribution in [2.45, 2.75) is 55.0 Å². The topological polar surface area (TPSA) is 180 Å². The van der Waals surface area contributed by atoms with Gasteiger partial charge in [0.15, 0.2) is 0 Å². The maximum atomic E-state index is 14.3. The largest absolute Gasteiger partial charge is 0.462 e. The number of carbonyl (C=O) groups excluding carboxylic acids is 2. The first-order chi connectivity index (χ1) is 24.6. The van der Waals surface area contributed by atoms with E-state index in [1.54, 1.807) is 47.5 Å². The Kier molecular flexibility index (Phi) is 8.45. The molecule has 1 fully saturated rings. The summed E-state index contributed by atoms with van der Waals surface area (Å²) >= 11 is 6.72. The fraction of sp³-hybridized carbons (Fsp3) is 0.263. The maximum absolute atomic E-state index is 14.3. The van der Waals surface area contributed by atoms with Gasteiger partial charge in [-0.25, -0.2) is 0 Å². The van der Waals surface area contributed by atoms with Gasteiger partial charge in [-0.3, -0.25) is 9.59 Å². The summed E-state index contributed by atoms with van der Waals surface area (Å²) in [5.74, 6) is -0.645. The van der Waals surface area contributed by atoms with Gasteiger partial charge in [0, 0.05) is 45.2 Å². The molecule has 4 heterocycles. The molecule has 262 valence electrons. The number of nitrogens with zero attached hydrogens (tertiary/aromatic N) is 1. The number of halogens is 1. The minimum atomic E-state index is -1.62. The van der Waals surface area contributed by atoms with Crippen molar-refractivity contribution in [1.82, 2.24) is 14.9 Å². The molecule has 3 aromatic carbocycles. The maximum Gasteiger partial charge on any atom is 0.274 e. The normalized spacial score (nSPS) is 26.3. The SMILES string of the molecule is CC(Cl)C1=CN(C(=O)c2cc3cc(NC(=O)c4cc5ccccc5[nH]4)ccc3[nH]2)C2C=C(O[C@@H]3O[C@H](CO)[C@H](O)[C@H](O)[C@H]3O)c3ccccc3C12. The second kappa shape index (κ2) is 13.0. The second-order valence-corrected chi connectivity index (χ2v) is 13.7. The Morgan fingerprint density at radius 2 is 1.65 bits per heavy atom. The van der Waals surface area contributed by atoms with Crippen LogP contribution >= 0.6 is 11.6 Å². The Balaban J connectivity index is 1.09. The van der Waals surface area contributed by atoms with Crippen molar-refractivity contribution in [2.24, 2.45) is 0 Å². The smallest absolute Gasteiger partial charge is 0.274 e. The summed E-state index contributed by atoms with van der Waals surface area (Å²) < 4.78 is 11.8. The van der Waals surface area contributed by atoms with Crippen LogP contribution in [0.15, 0.2) is 96.7 Å².